The summed E-state index contributed by atoms with van der Waals surface area (Å²) in [5, 5.41) is 0. The van der Waals surface area contributed by atoms with Crippen molar-refractivity contribution in [1.29, 1.82) is 0 Å². The molecule has 1 heterocycles. The van der Waals surface area contributed by atoms with E-state index < -0.39 is 0 Å². The van der Waals surface area contributed by atoms with Gasteiger partial charge in [-0.1, -0.05) is 0 Å². The zero-order valence-corrected chi connectivity index (χ0v) is 6.13. The molecule has 50 valence electrons. The van der Waals surface area contributed by atoms with E-state index in [0.29, 0.717) is 0 Å². The van der Waals surface area contributed by atoms with Crippen LogP contribution in [-0.2, 0) is 4.79 Å². The molecule has 4 heteroatoms. The summed E-state index contributed by atoms with van der Waals surface area (Å²) < 4.78 is 0. The summed E-state index contributed by atoms with van der Waals surface area (Å²) >= 11 is 1.33. The number of nitrogens with one attached hydrogen (secondary N) is 2. The Kier molecular flexibility index (Phi) is 1.78. The fourth-order valence-electron chi connectivity index (χ4n) is 0.622. The third kappa shape index (κ3) is 1.25. The van der Waals surface area contributed by atoms with Gasteiger partial charge < -0.3 is 5.43 Å². The zero-order valence-electron chi connectivity index (χ0n) is 5.32. The van der Waals surface area contributed by atoms with Gasteiger partial charge in [-0.25, -0.2) is 0 Å². The van der Waals surface area contributed by atoms with E-state index in [9.17, 15) is 4.79 Å². The minimum absolute atomic E-state index is 0.106. The minimum Gasteiger partial charge on any atom is -0.315 e. The maximum atomic E-state index is 10.7. The summed E-state index contributed by atoms with van der Waals surface area (Å²) in [6, 6.07) is 0. The maximum absolute atomic E-state index is 10.7. The molecule has 0 saturated heterocycles. The molecule has 0 radical (unpaired) electrons. The number of rotatable bonds is 1. The first-order chi connectivity index (χ1) is 4.22. The SMILES string of the molecule is CC(=O)C1=C(C)NNS1. The van der Waals surface area contributed by atoms with Crippen LogP contribution in [0.1, 0.15) is 13.8 Å². The van der Waals surface area contributed by atoms with Gasteiger partial charge in [-0.15, -0.1) is 0 Å². The second-order valence-corrected chi connectivity index (χ2v) is 2.66. The zero-order chi connectivity index (χ0) is 6.85. The normalized spacial score (nSPS) is 18.0. The molecule has 0 atom stereocenters. The van der Waals surface area contributed by atoms with Gasteiger partial charge in [0.15, 0.2) is 5.78 Å². The van der Waals surface area contributed by atoms with Crippen LogP contribution >= 0.6 is 11.9 Å². The Hall–Kier alpha value is -0.480. The highest BCUT2D eigenvalue weighted by atomic mass is 32.2. The van der Waals surface area contributed by atoms with Gasteiger partial charge in [0, 0.05) is 5.70 Å². The molecule has 1 aliphatic rings. The first-order valence-electron chi connectivity index (χ1n) is 2.61. The van der Waals surface area contributed by atoms with Crippen molar-refractivity contribution in [1.82, 2.24) is 10.3 Å². The van der Waals surface area contributed by atoms with Gasteiger partial charge in [-0.2, -0.15) is 4.83 Å². The van der Waals surface area contributed by atoms with Crippen LogP contribution in [0.25, 0.3) is 0 Å². The molecule has 0 fully saturated rings. The summed E-state index contributed by atoms with van der Waals surface area (Å²) in [4.78, 5) is 14.2. The molecule has 0 unspecified atom stereocenters. The van der Waals surface area contributed by atoms with Gasteiger partial charge in [0.1, 0.15) is 0 Å². The lowest BCUT2D eigenvalue weighted by molar-refractivity contribution is -0.113. The van der Waals surface area contributed by atoms with Crippen molar-refractivity contribution < 1.29 is 4.79 Å². The van der Waals surface area contributed by atoms with Crippen molar-refractivity contribution >= 4 is 17.7 Å². The minimum atomic E-state index is 0.106. The quantitative estimate of drug-likeness (QED) is 0.528. The van der Waals surface area contributed by atoms with E-state index in [2.05, 4.69) is 10.3 Å². The molecule has 9 heavy (non-hydrogen) atoms. The van der Waals surface area contributed by atoms with Gasteiger partial charge in [-0.05, 0) is 25.8 Å². The number of carbonyl (C=O) groups is 1. The molecule has 0 saturated carbocycles. The van der Waals surface area contributed by atoms with E-state index in [0.717, 1.165) is 10.6 Å². The van der Waals surface area contributed by atoms with Crippen LogP contribution in [0.15, 0.2) is 10.6 Å². The highest BCUT2D eigenvalue weighted by molar-refractivity contribution is 8.02. The third-order valence-electron chi connectivity index (χ3n) is 1.05. The molecule has 0 aromatic heterocycles. The molecule has 3 nitrogen and oxygen atoms in total. The van der Waals surface area contributed by atoms with Crippen LogP contribution in [-0.4, -0.2) is 5.78 Å². The second-order valence-electron chi connectivity index (χ2n) is 1.84. The molecular weight excluding hydrogens is 136 g/mol. The van der Waals surface area contributed by atoms with E-state index in [4.69, 9.17) is 0 Å². The lowest BCUT2D eigenvalue weighted by Crippen LogP contribution is -2.16. The molecule has 0 aromatic rings. The number of hydrogen-bond donors (Lipinski definition) is 2. The lowest BCUT2D eigenvalue weighted by Gasteiger charge is -1.90. The summed E-state index contributed by atoms with van der Waals surface area (Å²) in [6.45, 7) is 3.42. The fraction of sp³-hybridized carbons (Fsp3) is 0.400. The summed E-state index contributed by atoms with van der Waals surface area (Å²) in [6.07, 6.45) is 0. The molecule has 1 aliphatic heterocycles. The largest absolute Gasteiger partial charge is 0.315 e. The van der Waals surface area contributed by atoms with Crippen molar-refractivity contribution in [3.8, 4) is 0 Å². The monoisotopic (exact) mass is 144 g/mol. The summed E-state index contributed by atoms with van der Waals surface area (Å²) in [5.41, 5.74) is 3.73. The third-order valence-corrected chi connectivity index (χ3v) is 2.05. The Labute approximate surface area is 58.0 Å². The Balaban J connectivity index is 2.78. The molecule has 0 aromatic carbocycles. The highest BCUT2D eigenvalue weighted by Gasteiger charge is 2.13. The molecule has 0 aliphatic carbocycles. The number of allylic oxidation sites excluding steroid dienone is 2. The molecule has 0 spiro atoms. The average molecular weight is 144 g/mol. The van der Waals surface area contributed by atoms with E-state index in [-0.39, 0.29) is 5.78 Å². The Morgan fingerprint density at radius 2 is 2.33 bits per heavy atom. The molecule has 1 rings (SSSR count). The van der Waals surface area contributed by atoms with Gasteiger partial charge in [0.2, 0.25) is 0 Å². The number of hydrazine groups is 1. The van der Waals surface area contributed by atoms with Gasteiger partial charge in [0.25, 0.3) is 0 Å². The number of carbonyl (C=O) groups excluding carboxylic acids is 1. The van der Waals surface area contributed by atoms with Crippen LogP contribution in [0.2, 0.25) is 0 Å². The maximum Gasteiger partial charge on any atom is 0.169 e. The molecule has 0 bridgehead atoms. The van der Waals surface area contributed by atoms with Crippen LogP contribution in [0.3, 0.4) is 0 Å². The van der Waals surface area contributed by atoms with Gasteiger partial charge >= 0.3 is 0 Å². The van der Waals surface area contributed by atoms with E-state index >= 15 is 0 Å². The predicted molar refractivity (Wildman–Crippen MR) is 37.2 cm³/mol. The van der Waals surface area contributed by atoms with Crippen LogP contribution in [0.4, 0.5) is 0 Å². The van der Waals surface area contributed by atoms with E-state index in [1.165, 1.54) is 11.9 Å². The van der Waals surface area contributed by atoms with Crippen LogP contribution in [0.5, 0.6) is 0 Å². The summed E-state index contributed by atoms with van der Waals surface area (Å²) in [7, 11) is 0. The number of ketones is 1. The van der Waals surface area contributed by atoms with Gasteiger partial charge in [-0.3, -0.25) is 4.79 Å². The fourth-order valence-corrected chi connectivity index (χ4v) is 1.28. The molecular formula is C5H8N2OS. The van der Waals surface area contributed by atoms with Crippen molar-refractivity contribution in [2.75, 3.05) is 0 Å². The first-order valence-corrected chi connectivity index (χ1v) is 3.43. The van der Waals surface area contributed by atoms with E-state index in [1.807, 2.05) is 6.92 Å². The first kappa shape index (κ1) is 6.64. The topological polar surface area (TPSA) is 41.1 Å². The second kappa shape index (κ2) is 2.41. The lowest BCUT2D eigenvalue weighted by atomic mass is 10.3. The van der Waals surface area contributed by atoms with Crippen molar-refractivity contribution in [3.63, 3.8) is 0 Å². The van der Waals surface area contributed by atoms with Gasteiger partial charge in [0.05, 0.1) is 4.91 Å². The van der Waals surface area contributed by atoms with E-state index in [1.54, 1.807) is 6.92 Å². The van der Waals surface area contributed by atoms with Crippen molar-refractivity contribution in [2.45, 2.75) is 13.8 Å². The molecule has 0 amide bonds. The highest BCUT2D eigenvalue weighted by Crippen LogP contribution is 2.19. The Bertz CT molecular complexity index is 176. The predicted octanol–water partition coefficient (Wildman–Crippen LogP) is 0.563. The smallest absolute Gasteiger partial charge is 0.169 e. The Morgan fingerprint density at radius 3 is 2.56 bits per heavy atom. The molecule has 2 N–H and O–H groups in total. The number of hydrogen-bond acceptors (Lipinski definition) is 4. The summed E-state index contributed by atoms with van der Waals surface area (Å²) in [5.74, 6) is 0.106. The van der Waals surface area contributed by atoms with Crippen LogP contribution in [0, 0.1) is 0 Å². The Morgan fingerprint density at radius 1 is 1.67 bits per heavy atom. The van der Waals surface area contributed by atoms with Crippen LogP contribution < -0.4 is 10.3 Å². The van der Waals surface area contributed by atoms with Crippen molar-refractivity contribution in [2.24, 2.45) is 0 Å². The average Bonchev–Trinajstić information content (AvgIpc) is 2.13. The van der Waals surface area contributed by atoms with Crippen molar-refractivity contribution in [3.05, 3.63) is 10.6 Å². The number of Topliss-reactive ketones (excluding diaryl/α,β-unsaturated/α-hetero) is 1. The standard InChI is InChI=1S/C5H8N2OS/c1-3-5(4(2)8)9-7-6-3/h6-7H,1-2H3.